The van der Waals surface area contributed by atoms with E-state index in [-0.39, 0.29) is 39.3 Å². The van der Waals surface area contributed by atoms with Crippen LogP contribution in [0.15, 0.2) is 36.4 Å². The highest BCUT2D eigenvalue weighted by Crippen LogP contribution is 2.51. The van der Waals surface area contributed by atoms with Crippen molar-refractivity contribution in [2.24, 2.45) is 10.8 Å². The van der Waals surface area contributed by atoms with E-state index in [2.05, 4.69) is 42.7 Å². The van der Waals surface area contributed by atoms with E-state index in [4.69, 9.17) is 0 Å². The number of anilines is 2. The van der Waals surface area contributed by atoms with Gasteiger partial charge in [-0.2, -0.15) is 13.2 Å². The normalized spacial score (nSPS) is 18.9. The quantitative estimate of drug-likeness (QED) is 0.318. The van der Waals surface area contributed by atoms with Crippen LogP contribution in [-0.2, 0) is 0 Å². The van der Waals surface area contributed by atoms with Crippen LogP contribution in [0.3, 0.4) is 0 Å². The van der Waals surface area contributed by atoms with E-state index in [1.54, 1.807) is 6.07 Å². The minimum atomic E-state index is -4.83. The first-order chi connectivity index (χ1) is 17.3. The van der Waals surface area contributed by atoms with Gasteiger partial charge in [0.1, 0.15) is 5.75 Å². The van der Waals surface area contributed by atoms with E-state index in [0.717, 1.165) is 31.4 Å². The smallest absolute Gasteiger partial charge is 0.406 e. The van der Waals surface area contributed by atoms with Gasteiger partial charge in [-0.05, 0) is 84.5 Å². The number of imidazole rings is 1. The first-order valence-corrected chi connectivity index (χ1v) is 12.2. The molecule has 5 nitrogen and oxygen atoms in total. The summed E-state index contributed by atoms with van der Waals surface area (Å²) in [4.78, 5) is 4.59. The monoisotopic (exact) mass is 543 g/mol. The van der Waals surface area contributed by atoms with E-state index in [1.165, 1.54) is 25.1 Å². The average molecular weight is 544 g/mol. The third-order valence-electron chi connectivity index (χ3n) is 6.92. The lowest BCUT2D eigenvalue weighted by molar-refractivity contribution is -0.274. The second-order valence-electron chi connectivity index (χ2n) is 11.7. The Bertz CT molecular complexity index is 1290. The Morgan fingerprint density at radius 1 is 1.00 bits per heavy atom. The molecule has 1 aromatic heterocycles. The molecule has 11 heteroatoms. The van der Waals surface area contributed by atoms with E-state index < -0.39 is 18.6 Å². The number of ether oxygens (including phenoxy) is 1. The second kappa shape index (κ2) is 9.36. The standard InChI is InChI=1S/C27H31F6N3O2/c1-15-10-21-20(11-19(15)22(37)26(28,29)30)35-23(34-16-6-8-18(9-7-16)38-27(31,32)33)36(21)17-12-24(2,3)14-25(4,5)13-17/h6-11,17,22,37H,12-14H2,1-5H3,(H,34,35)/t22-/m1/s1. The molecule has 2 aromatic carbocycles. The number of aryl methyl sites for hydroxylation is 1. The largest absolute Gasteiger partial charge is 0.573 e. The maximum Gasteiger partial charge on any atom is 0.573 e. The van der Waals surface area contributed by atoms with Crippen LogP contribution in [0.2, 0.25) is 0 Å². The lowest BCUT2D eigenvalue weighted by atomic mass is 9.63. The molecule has 0 spiro atoms. The number of halogens is 6. The first-order valence-electron chi connectivity index (χ1n) is 12.2. The molecule has 0 amide bonds. The van der Waals surface area contributed by atoms with Crippen molar-refractivity contribution in [3.05, 3.63) is 47.5 Å². The number of benzene rings is 2. The zero-order chi connectivity index (χ0) is 28.3. The molecule has 0 aliphatic heterocycles. The number of nitrogens with zero attached hydrogens (tertiary/aromatic N) is 2. The molecular formula is C27H31F6N3O2. The number of hydrogen-bond acceptors (Lipinski definition) is 4. The molecule has 4 rings (SSSR count). The van der Waals surface area contributed by atoms with Crippen molar-refractivity contribution in [2.45, 2.75) is 78.6 Å². The van der Waals surface area contributed by atoms with Crippen molar-refractivity contribution in [3.63, 3.8) is 0 Å². The van der Waals surface area contributed by atoms with Gasteiger partial charge in [-0.25, -0.2) is 4.98 Å². The number of nitrogens with one attached hydrogen (secondary N) is 1. The molecule has 208 valence electrons. The summed E-state index contributed by atoms with van der Waals surface area (Å²) in [7, 11) is 0. The Kier molecular flexibility index (Phi) is 6.91. The number of aliphatic hydroxyl groups is 1. The van der Waals surface area contributed by atoms with Crippen molar-refractivity contribution < 1.29 is 36.2 Å². The Labute approximate surface area is 216 Å². The van der Waals surface area contributed by atoms with Gasteiger partial charge in [-0.15, -0.1) is 13.2 Å². The number of rotatable bonds is 5. The minimum absolute atomic E-state index is 0.0155. The van der Waals surface area contributed by atoms with E-state index in [1.807, 2.05) is 4.57 Å². The van der Waals surface area contributed by atoms with Crippen LogP contribution < -0.4 is 10.1 Å². The Morgan fingerprint density at radius 2 is 1.58 bits per heavy atom. The van der Waals surface area contributed by atoms with E-state index >= 15 is 0 Å². The highest BCUT2D eigenvalue weighted by Gasteiger charge is 2.42. The van der Waals surface area contributed by atoms with Crippen LogP contribution in [0.25, 0.3) is 11.0 Å². The van der Waals surface area contributed by atoms with Gasteiger partial charge >= 0.3 is 12.5 Å². The van der Waals surface area contributed by atoms with Crippen LogP contribution >= 0.6 is 0 Å². The summed E-state index contributed by atoms with van der Waals surface area (Å²) in [6.45, 7) is 10.2. The lowest BCUT2D eigenvalue weighted by Gasteiger charge is -2.45. The summed E-state index contributed by atoms with van der Waals surface area (Å²) in [5.74, 6) is -0.0326. The zero-order valence-electron chi connectivity index (χ0n) is 21.8. The SMILES string of the molecule is Cc1cc2c(cc1[C@@H](O)C(F)(F)F)nc(Nc1ccc(OC(F)(F)F)cc1)n2C1CC(C)(C)CC(C)(C)C1. The average Bonchev–Trinajstić information content (AvgIpc) is 3.06. The molecule has 3 aromatic rings. The van der Waals surface area contributed by atoms with Crippen molar-refractivity contribution in [3.8, 4) is 5.75 Å². The van der Waals surface area contributed by atoms with E-state index in [0.29, 0.717) is 17.2 Å². The van der Waals surface area contributed by atoms with Gasteiger partial charge in [0, 0.05) is 11.7 Å². The fraction of sp³-hybridized carbons (Fsp3) is 0.519. The molecular weight excluding hydrogens is 512 g/mol. The summed E-state index contributed by atoms with van der Waals surface area (Å²) in [5, 5.41) is 13.1. The Morgan fingerprint density at radius 3 is 2.11 bits per heavy atom. The van der Waals surface area contributed by atoms with E-state index in [9.17, 15) is 31.4 Å². The lowest BCUT2D eigenvalue weighted by Crippen LogP contribution is -2.35. The Balaban J connectivity index is 1.81. The topological polar surface area (TPSA) is 59.3 Å². The summed E-state index contributed by atoms with van der Waals surface area (Å²) in [6.07, 6.45) is -9.73. The maximum absolute atomic E-state index is 13.3. The number of aliphatic hydroxyl groups excluding tert-OH is 1. The summed E-state index contributed by atoms with van der Waals surface area (Å²) in [6, 6.07) is 7.95. The molecule has 2 N–H and O–H groups in total. The van der Waals surface area contributed by atoms with Gasteiger partial charge in [0.2, 0.25) is 5.95 Å². The molecule has 38 heavy (non-hydrogen) atoms. The Hall–Kier alpha value is -2.95. The molecule has 0 saturated heterocycles. The van der Waals surface area contributed by atoms with Crippen LogP contribution in [0.1, 0.15) is 70.2 Å². The van der Waals surface area contributed by atoms with Gasteiger partial charge in [0.05, 0.1) is 11.0 Å². The molecule has 0 unspecified atom stereocenters. The van der Waals surface area contributed by atoms with Gasteiger partial charge < -0.3 is 19.7 Å². The van der Waals surface area contributed by atoms with Crippen LogP contribution in [0.4, 0.5) is 38.0 Å². The molecule has 0 radical (unpaired) electrons. The molecule has 0 bridgehead atoms. The van der Waals surface area contributed by atoms with Crippen molar-refractivity contribution >= 4 is 22.7 Å². The number of aromatic nitrogens is 2. The zero-order valence-corrected chi connectivity index (χ0v) is 21.8. The fourth-order valence-corrected chi connectivity index (χ4v) is 6.03. The van der Waals surface area contributed by atoms with Gasteiger partial charge in [0.25, 0.3) is 0 Å². The summed E-state index contributed by atoms with van der Waals surface area (Å²) in [5.41, 5.74) is 1.28. The number of hydrogen-bond donors (Lipinski definition) is 2. The van der Waals surface area contributed by atoms with Gasteiger partial charge in [-0.3, -0.25) is 0 Å². The predicted octanol–water partition coefficient (Wildman–Crippen LogP) is 8.36. The molecule has 1 fully saturated rings. The maximum atomic E-state index is 13.3. The van der Waals surface area contributed by atoms with Crippen molar-refractivity contribution in [1.29, 1.82) is 0 Å². The minimum Gasteiger partial charge on any atom is -0.406 e. The first kappa shape index (κ1) is 28.1. The fourth-order valence-electron chi connectivity index (χ4n) is 6.03. The highest BCUT2D eigenvalue weighted by molar-refractivity contribution is 5.82. The van der Waals surface area contributed by atoms with Crippen LogP contribution in [-0.4, -0.2) is 27.2 Å². The van der Waals surface area contributed by atoms with Gasteiger partial charge in [-0.1, -0.05) is 27.7 Å². The highest BCUT2D eigenvalue weighted by atomic mass is 19.4. The molecule has 1 aliphatic rings. The number of alkyl halides is 6. The molecule has 1 saturated carbocycles. The molecule has 1 heterocycles. The van der Waals surface area contributed by atoms with Crippen molar-refractivity contribution in [1.82, 2.24) is 9.55 Å². The third-order valence-corrected chi connectivity index (χ3v) is 6.92. The van der Waals surface area contributed by atoms with Gasteiger partial charge in [0.15, 0.2) is 6.10 Å². The van der Waals surface area contributed by atoms with Crippen LogP contribution in [0.5, 0.6) is 5.75 Å². The predicted molar refractivity (Wildman–Crippen MR) is 132 cm³/mol. The molecule has 1 aliphatic carbocycles. The van der Waals surface area contributed by atoms with Crippen LogP contribution in [0, 0.1) is 17.8 Å². The molecule has 1 atom stereocenters. The summed E-state index contributed by atoms with van der Waals surface area (Å²) >= 11 is 0. The summed E-state index contributed by atoms with van der Waals surface area (Å²) < 4.78 is 83.5. The van der Waals surface area contributed by atoms with Crippen molar-refractivity contribution in [2.75, 3.05) is 5.32 Å². The second-order valence-corrected chi connectivity index (χ2v) is 11.7. The third kappa shape index (κ3) is 6.19. The number of fused-ring (bicyclic) bond motifs is 1.